The molecule has 1 heterocycles. The molecule has 1 aliphatic heterocycles. The molecule has 1 aliphatic carbocycles. The lowest BCUT2D eigenvalue weighted by atomic mass is 9.91. The van der Waals surface area contributed by atoms with Gasteiger partial charge in [0.2, 0.25) is 5.91 Å². The minimum Gasteiger partial charge on any atom is -0.338 e. The van der Waals surface area contributed by atoms with Crippen molar-refractivity contribution in [2.24, 2.45) is 5.73 Å². The van der Waals surface area contributed by atoms with Crippen LogP contribution in [0.4, 0.5) is 0 Å². The summed E-state index contributed by atoms with van der Waals surface area (Å²) in [5, 5.41) is 0. The molecular weight excluding hydrogens is 401 g/mol. The first-order valence-electron chi connectivity index (χ1n) is 7.57. The predicted octanol–water partition coefficient (Wildman–Crippen LogP) is 2.77. The fourth-order valence-corrected chi connectivity index (χ4v) is 3.24. The van der Waals surface area contributed by atoms with E-state index in [0.717, 1.165) is 42.3 Å². The Balaban J connectivity index is 0.00000132. The third-order valence-electron chi connectivity index (χ3n) is 4.55. The Labute approximate surface area is 158 Å². The molecule has 0 bridgehead atoms. The van der Waals surface area contributed by atoms with Gasteiger partial charge in [0, 0.05) is 36.7 Å². The van der Waals surface area contributed by atoms with Crippen molar-refractivity contribution in [2.75, 3.05) is 26.2 Å². The van der Waals surface area contributed by atoms with Crippen molar-refractivity contribution in [1.82, 2.24) is 9.80 Å². The van der Waals surface area contributed by atoms with E-state index in [2.05, 4.69) is 20.8 Å². The van der Waals surface area contributed by atoms with Gasteiger partial charge >= 0.3 is 0 Å². The SMILES string of the molecule is CC(N)(C(=O)N1CCN(C2CC2)CC1)c1ccc(Br)cc1.Cl.Cl. The van der Waals surface area contributed by atoms with E-state index in [1.54, 1.807) is 0 Å². The standard InChI is InChI=1S/C16H22BrN3O.2ClH/c1-16(18,12-2-4-13(17)5-3-12)15(21)20-10-8-19(9-11-20)14-6-7-14;;/h2-5,14H,6-11,18H2,1H3;2*1H. The van der Waals surface area contributed by atoms with Crippen molar-refractivity contribution in [3.8, 4) is 0 Å². The van der Waals surface area contributed by atoms with Gasteiger partial charge in [-0.05, 0) is 37.5 Å². The minimum atomic E-state index is -0.956. The van der Waals surface area contributed by atoms with Crippen LogP contribution >= 0.6 is 40.7 Å². The predicted molar refractivity (Wildman–Crippen MR) is 101 cm³/mol. The summed E-state index contributed by atoms with van der Waals surface area (Å²) in [4.78, 5) is 17.2. The summed E-state index contributed by atoms with van der Waals surface area (Å²) < 4.78 is 0.993. The molecule has 0 aromatic heterocycles. The summed E-state index contributed by atoms with van der Waals surface area (Å²) in [5.74, 6) is 0.0280. The van der Waals surface area contributed by atoms with Gasteiger partial charge < -0.3 is 10.6 Å². The van der Waals surface area contributed by atoms with Crippen LogP contribution in [0.3, 0.4) is 0 Å². The molecule has 0 spiro atoms. The quantitative estimate of drug-likeness (QED) is 0.811. The molecule has 4 nitrogen and oxygen atoms in total. The Hall–Kier alpha value is -0.330. The number of halogens is 3. The molecule has 1 aromatic rings. The Kier molecular flexibility index (Phi) is 7.36. The van der Waals surface area contributed by atoms with Crippen LogP contribution in [0.5, 0.6) is 0 Å². The van der Waals surface area contributed by atoms with Crippen molar-refractivity contribution in [2.45, 2.75) is 31.3 Å². The number of amides is 1. The monoisotopic (exact) mass is 423 g/mol. The van der Waals surface area contributed by atoms with E-state index < -0.39 is 5.54 Å². The highest BCUT2D eigenvalue weighted by Gasteiger charge is 2.38. The number of piperazine rings is 1. The molecule has 2 fully saturated rings. The van der Waals surface area contributed by atoms with Gasteiger partial charge in [0.05, 0.1) is 0 Å². The molecule has 130 valence electrons. The largest absolute Gasteiger partial charge is 0.338 e. The van der Waals surface area contributed by atoms with Crippen LogP contribution in [0.25, 0.3) is 0 Å². The number of carbonyl (C=O) groups is 1. The first kappa shape index (κ1) is 20.7. The Morgan fingerprint density at radius 2 is 1.65 bits per heavy atom. The first-order valence-corrected chi connectivity index (χ1v) is 8.36. The third kappa shape index (κ3) is 4.60. The molecule has 1 amide bonds. The fraction of sp³-hybridized carbons (Fsp3) is 0.562. The van der Waals surface area contributed by atoms with Crippen LogP contribution < -0.4 is 5.73 Å². The Bertz CT molecular complexity index is 527. The summed E-state index contributed by atoms with van der Waals surface area (Å²) in [7, 11) is 0. The molecule has 1 aromatic carbocycles. The van der Waals surface area contributed by atoms with Gasteiger partial charge in [-0.25, -0.2) is 0 Å². The molecule has 1 atom stereocenters. The normalized spacial score (nSPS) is 20.9. The van der Waals surface area contributed by atoms with Gasteiger partial charge in [-0.3, -0.25) is 9.69 Å². The minimum absolute atomic E-state index is 0. The van der Waals surface area contributed by atoms with E-state index >= 15 is 0 Å². The average molecular weight is 425 g/mol. The van der Waals surface area contributed by atoms with Crippen LogP contribution in [0.1, 0.15) is 25.3 Å². The zero-order valence-corrected chi connectivity index (χ0v) is 16.4. The number of benzene rings is 1. The van der Waals surface area contributed by atoms with E-state index in [4.69, 9.17) is 5.73 Å². The molecule has 7 heteroatoms. The summed E-state index contributed by atoms with van der Waals surface area (Å²) in [6.45, 7) is 5.35. The van der Waals surface area contributed by atoms with E-state index in [9.17, 15) is 4.79 Å². The lowest BCUT2D eigenvalue weighted by Gasteiger charge is -2.38. The van der Waals surface area contributed by atoms with Crippen molar-refractivity contribution in [1.29, 1.82) is 0 Å². The summed E-state index contributed by atoms with van der Waals surface area (Å²) in [6, 6.07) is 8.47. The zero-order chi connectivity index (χ0) is 15.0. The van der Waals surface area contributed by atoms with Crippen LogP contribution in [0.15, 0.2) is 28.7 Å². The maximum atomic E-state index is 12.8. The number of rotatable bonds is 3. The van der Waals surface area contributed by atoms with E-state index in [-0.39, 0.29) is 30.7 Å². The molecule has 3 rings (SSSR count). The molecule has 1 saturated heterocycles. The maximum absolute atomic E-state index is 12.8. The van der Waals surface area contributed by atoms with Gasteiger partial charge in [0.25, 0.3) is 0 Å². The molecule has 0 radical (unpaired) electrons. The van der Waals surface area contributed by atoms with Crippen molar-refractivity contribution in [3.63, 3.8) is 0 Å². The van der Waals surface area contributed by atoms with E-state index in [1.165, 1.54) is 12.8 Å². The van der Waals surface area contributed by atoms with Gasteiger partial charge in [0.1, 0.15) is 5.54 Å². The molecule has 1 saturated carbocycles. The second kappa shape index (κ2) is 8.17. The maximum Gasteiger partial charge on any atom is 0.247 e. The van der Waals surface area contributed by atoms with Crippen LogP contribution in [0, 0.1) is 0 Å². The second-order valence-electron chi connectivity index (χ2n) is 6.27. The summed E-state index contributed by atoms with van der Waals surface area (Å²) in [6.07, 6.45) is 2.64. The lowest BCUT2D eigenvalue weighted by Crippen LogP contribution is -2.57. The fourth-order valence-electron chi connectivity index (χ4n) is 2.98. The van der Waals surface area contributed by atoms with Crippen molar-refractivity contribution >= 4 is 46.7 Å². The molecule has 2 N–H and O–H groups in total. The second-order valence-corrected chi connectivity index (χ2v) is 7.18. The number of hydrogen-bond acceptors (Lipinski definition) is 3. The highest BCUT2D eigenvalue weighted by Crippen LogP contribution is 2.28. The summed E-state index contributed by atoms with van der Waals surface area (Å²) in [5.41, 5.74) is 6.25. The number of carbonyl (C=O) groups excluding carboxylic acids is 1. The van der Waals surface area contributed by atoms with E-state index in [0.29, 0.717) is 0 Å². The topological polar surface area (TPSA) is 49.6 Å². The first-order chi connectivity index (χ1) is 9.98. The van der Waals surface area contributed by atoms with Crippen molar-refractivity contribution < 1.29 is 4.79 Å². The number of nitrogens with zero attached hydrogens (tertiary/aromatic N) is 2. The third-order valence-corrected chi connectivity index (χ3v) is 5.08. The highest BCUT2D eigenvalue weighted by molar-refractivity contribution is 9.10. The number of nitrogens with two attached hydrogens (primary N) is 1. The van der Waals surface area contributed by atoms with Crippen LogP contribution in [-0.4, -0.2) is 47.9 Å². The number of hydrogen-bond donors (Lipinski definition) is 1. The summed E-state index contributed by atoms with van der Waals surface area (Å²) >= 11 is 3.41. The lowest BCUT2D eigenvalue weighted by molar-refractivity contribution is -0.138. The van der Waals surface area contributed by atoms with Gasteiger partial charge in [-0.1, -0.05) is 28.1 Å². The van der Waals surface area contributed by atoms with E-state index in [1.807, 2.05) is 36.1 Å². The highest BCUT2D eigenvalue weighted by atomic mass is 79.9. The van der Waals surface area contributed by atoms with Gasteiger partial charge in [-0.15, -0.1) is 24.8 Å². The zero-order valence-electron chi connectivity index (χ0n) is 13.2. The Morgan fingerprint density at radius 3 is 2.13 bits per heavy atom. The van der Waals surface area contributed by atoms with Crippen LogP contribution in [0.2, 0.25) is 0 Å². The van der Waals surface area contributed by atoms with Crippen molar-refractivity contribution in [3.05, 3.63) is 34.3 Å². The molecular formula is C16H24BrCl2N3O. The molecule has 1 unspecified atom stereocenters. The van der Waals surface area contributed by atoms with Crippen LogP contribution in [-0.2, 0) is 10.3 Å². The van der Waals surface area contributed by atoms with Gasteiger partial charge in [-0.2, -0.15) is 0 Å². The Morgan fingerprint density at radius 1 is 1.13 bits per heavy atom. The van der Waals surface area contributed by atoms with Gasteiger partial charge in [0.15, 0.2) is 0 Å². The molecule has 23 heavy (non-hydrogen) atoms. The average Bonchev–Trinajstić information content (AvgIpc) is 3.32. The molecule has 2 aliphatic rings. The smallest absolute Gasteiger partial charge is 0.247 e.